The van der Waals surface area contributed by atoms with Crippen LogP contribution in [-0.2, 0) is 5.60 Å². The van der Waals surface area contributed by atoms with E-state index in [9.17, 15) is 5.11 Å². The maximum absolute atomic E-state index is 10.2. The van der Waals surface area contributed by atoms with E-state index < -0.39 is 5.60 Å². The van der Waals surface area contributed by atoms with Crippen molar-refractivity contribution in [3.05, 3.63) is 23.8 Å². The number of hydrogen-bond acceptors (Lipinski definition) is 4. The van der Waals surface area contributed by atoms with Gasteiger partial charge < -0.3 is 19.5 Å². The lowest BCUT2D eigenvalue weighted by Gasteiger charge is -2.31. The summed E-state index contributed by atoms with van der Waals surface area (Å²) in [7, 11) is 3.73. The van der Waals surface area contributed by atoms with Gasteiger partial charge in [-0.3, -0.25) is 0 Å². The van der Waals surface area contributed by atoms with Gasteiger partial charge in [0.15, 0.2) is 11.5 Å². The molecular formula is C16H25NO3. The van der Waals surface area contributed by atoms with E-state index in [-0.39, 0.29) is 6.10 Å². The predicted octanol–water partition coefficient (Wildman–Crippen LogP) is 2.40. The molecule has 4 nitrogen and oxygen atoms in total. The number of aliphatic hydroxyl groups is 1. The molecule has 0 spiro atoms. The second-order valence-electron chi connectivity index (χ2n) is 6.04. The fraction of sp³-hybridized carbons (Fsp3) is 0.625. The molecule has 112 valence electrons. The van der Waals surface area contributed by atoms with Gasteiger partial charge in [-0.25, -0.2) is 0 Å². The van der Waals surface area contributed by atoms with E-state index in [1.54, 1.807) is 21.0 Å². The van der Waals surface area contributed by atoms with Crippen molar-refractivity contribution in [1.29, 1.82) is 0 Å². The molecule has 4 heteroatoms. The Morgan fingerprint density at radius 3 is 2.70 bits per heavy atom. The molecule has 1 atom stereocenters. The molecule has 1 saturated heterocycles. The minimum Gasteiger partial charge on any atom is -0.492 e. The third kappa shape index (κ3) is 3.44. The molecule has 2 rings (SSSR count). The highest BCUT2D eigenvalue weighted by molar-refractivity contribution is 5.49. The molecule has 0 bridgehead atoms. The van der Waals surface area contributed by atoms with Crippen molar-refractivity contribution in [3.8, 4) is 11.5 Å². The Bertz CT molecular complexity index is 454. The molecule has 1 aromatic carbocycles. The highest BCUT2D eigenvalue weighted by Gasteiger charge is 2.25. The second kappa shape index (κ2) is 6.02. The van der Waals surface area contributed by atoms with E-state index in [0.29, 0.717) is 11.5 Å². The van der Waals surface area contributed by atoms with Crippen LogP contribution in [0.4, 0.5) is 0 Å². The number of para-hydroxylation sites is 1. The monoisotopic (exact) mass is 279 g/mol. The Balaban J connectivity index is 2.23. The van der Waals surface area contributed by atoms with E-state index in [4.69, 9.17) is 9.47 Å². The first-order valence-electron chi connectivity index (χ1n) is 7.17. The van der Waals surface area contributed by atoms with Crippen molar-refractivity contribution >= 4 is 0 Å². The van der Waals surface area contributed by atoms with Gasteiger partial charge in [-0.1, -0.05) is 12.1 Å². The molecule has 0 saturated carbocycles. The molecule has 1 fully saturated rings. The Morgan fingerprint density at radius 1 is 1.35 bits per heavy atom. The SMILES string of the molecule is COc1c(OC2CCCN(C)C2)cccc1C(C)(C)O. The van der Waals surface area contributed by atoms with Crippen LogP contribution in [0.3, 0.4) is 0 Å². The number of hydrogen-bond donors (Lipinski definition) is 1. The van der Waals surface area contributed by atoms with Crippen LogP contribution in [0.1, 0.15) is 32.3 Å². The van der Waals surface area contributed by atoms with Crippen LogP contribution in [0.2, 0.25) is 0 Å². The van der Waals surface area contributed by atoms with Crippen LogP contribution in [0.25, 0.3) is 0 Å². The van der Waals surface area contributed by atoms with Gasteiger partial charge in [-0.05, 0) is 46.3 Å². The van der Waals surface area contributed by atoms with Gasteiger partial charge in [0.05, 0.1) is 12.7 Å². The van der Waals surface area contributed by atoms with Gasteiger partial charge in [-0.15, -0.1) is 0 Å². The molecule has 1 unspecified atom stereocenters. The Hall–Kier alpha value is -1.26. The number of methoxy groups -OCH3 is 1. The van der Waals surface area contributed by atoms with Crippen molar-refractivity contribution in [2.45, 2.75) is 38.4 Å². The minimum atomic E-state index is -0.950. The summed E-state index contributed by atoms with van der Waals surface area (Å²) >= 11 is 0. The van der Waals surface area contributed by atoms with Crippen LogP contribution in [-0.4, -0.2) is 43.4 Å². The molecule has 1 aliphatic heterocycles. The Kier molecular flexibility index (Phi) is 4.55. The largest absolute Gasteiger partial charge is 0.492 e. The fourth-order valence-corrected chi connectivity index (χ4v) is 2.70. The first kappa shape index (κ1) is 15.1. The zero-order chi connectivity index (χ0) is 14.8. The molecule has 1 N–H and O–H groups in total. The van der Waals surface area contributed by atoms with Crippen molar-refractivity contribution in [2.24, 2.45) is 0 Å². The van der Waals surface area contributed by atoms with Crippen LogP contribution in [0.15, 0.2) is 18.2 Å². The summed E-state index contributed by atoms with van der Waals surface area (Å²) in [6, 6.07) is 5.68. The number of benzene rings is 1. The normalized spacial score (nSPS) is 20.8. The Labute approximate surface area is 121 Å². The van der Waals surface area contributed by atoms with Gasteiger partial charge in [0.25, 0.3) is 0 Å². The average Bonchev–Trinajstić information content (AvgIpc) is 2.37. The maximum Gasteiger partial charge on any atom is 0.166 e. The number of likely N-dealkylation sites (tertiary alicyclic amines) is 1. The smallest absolute Gasteiger partial charge is 0.166 e. The van der Waals surface area contributed by atoms with Gasteiger partial charge in [0.2, 0.25) is 0 Å². The molecule has 0 aliphatic carbocycles. The highest BCUT2D eigenvalue weighted by atomic mass is 16.5. The molecule has 1 aromatic rings. The quantitative estimate of drug-likeness (QED) is 0.919. The number of piperidine rings is 1. The van der Waals surface area contributed by atoms with E-state index in [0.717, 1.165) is 31.5 Å². The van der Waals surface area contributed by atoms with Gasteiger partial charge in [0, 0.05) is 12.1 Å². The molecule has 0 amide bonds. The van der Waals surface area contributed by atoms with Gasteiger partial charge >= 0.3 is 0 Å². The van der Waals surface area contributed by atoms with Crippen LogP contribution in [0.5, 0.6) is 11.5 Å². The number of likely N-dealkylation sites (N-methyl/N-ethyl adjacent to an activating group) is 1. The third-order valence-corrected chi connectivity index (χ3v) is 3.72. The van der Waals surface area contributed by atoms with Crippen molar-refractivity contribution in [3.63, 3.8) is 0 Å². The van der Waals surface area contributed by atoms with E-state index in [1.165, 1.54) is 0 Å². The first-order valence-corrected chi connectivity index (χ1v) is 7.17. The summed E-state index contributed by atoms with van der Waals surface area (Å²) in [5.74, 6) is 1.35. The van der Waals surface area contributed by atoms with E-state index in [2.05, 4.69) is 11.9 Å². The minimum absolute atomic E-state index is 0.180. The lowest BCUT2D eigenvalue weighted by Crippen LogP contribution is -2.38. The van der Waals surface area contributed by atoms with E-state index in [1.807, 2.05) is 18.2 Å². The summed E-state index contributed by atoms with van der Waals surface area (Å²) in [4.78, 5) is 2.28. The lowest BCUT2D eigenvalue weighted by molar-refractivity contribution is 0.0723. The topological polar surface area (TPSA) is 41.9 Å². The molecule has 0 aromatic heterocycles. The molecule has 1 heterocycles. The average molecular weight is 279 g/mol. The summed E-state index contributed by atoms with van der Waals surface area (Å²) in [5, 5.41) is 10.2. The van der Waals surface area contributed by atoms with Crippen molar-refractivity contribution in [1.82, 2.24) is 4.90 Å². The zero-order valence-corrected chi connectivity index (χ0v) is 12.8. The summed E-state index contributed by atoms with van der Waals surface area (Å²) in [5.41, 5.74) is -0.199. The molecular weight excluding hydrogens is 254 g/mol. The molecule has 0 radical (unpaired) electrons. The Morgan fingerprint density at radius 2 is 2.10 bits per heavy atom. The number of ether oxygens (including phenoxy) is 2. The number of nitrogens with zero attached hydrogens (tertiary/aromatic N) is 1. The standard InChI is InChI=1S/C16H25NO3/c1-16(2,18)13-8-5-9-14(15(13)19-4)20-12-7-6-10-17(3)11-12/h5,8-9,12,18H,6-7,10-11H2,1-4H3. The fourth-order valence-electron chi connectivity index (χ4n) is 2.70. The second-order valence-corrected chi connectivity index (χ2v) is 6.04. The lowest BCUT2D eigenvalue weighted by atomic mass is 9.97. The van der Waals surface area contributed by atoms with Gasteiger partial charge in [-0.2, -0.15) is 0 Å². The van der Waals surface area contributed by atoms with Crippen LogP contribution < -0.4 is 9.47 Å². The van der Waals surface area contributed by atoms with Crippen molar-refractivity contribution < 1.29 is 14.6 Å². The first-order chi connectivity index (χ1) is 9.41. The van der Waals surface area contributed by atoms with Crippen LogP contribution in [0, 0.1) is 0 Å². The van der Waals surface area contributed by atoms with Crippen LogP contribution >= 0.6 is 0 Å². The third-order valence-electron chi connectivity index (χ3n) is 3.72. The predicted molar refractivity (Wildman–Crippen MR) is 79.4 cm³/mol. The summed E-state index contributed by atoms with van der Waals surface area (Å²) < 4.78 is 11.6. The highest BCUT2D eigenvalue weighted by Crippen LogP contribution is 2.38. The zero-order valence-electron chi connectivity index (χ0n) is 12.8. The molecule has 20 heavy (non-hydrogen) atoms. The maximum atomic E-state index is 10.2. The van der Waals surface area contributed by atoms with Gasteiger partial charge in [0.1, 0.15) is 6.10 Å². The van der Waals surface area contributed by atoms with Crippen molar-refractivity contribution in [2.75, 3.05) is 27.2 Å². The summed E-state index contributed by atoms with van der Waals surface area (Å²) in [6.45, 7) is 5.56. The summed E-state index contributed by atoms with van der Waals surface area (Å²) in [6.07, 6.45) is 2.38. The van der Waals surface area contributed by atoms with E-state index >= 15 is 0 Å². The molecule has 1 aliphatic rings. The number of rotatable bonds is 4.